The van der Waals surface area contributed by atoms with Crippen LogP contribution in [-0.2, 0) is 11.0 Å². The van der Waals surface area contributed by atoms with E-state index in [4.69, 9.17) is 0 Å². The van der Waals surface area contributed by atoms with Crippen molar-refractivity contribution in [3.8, 4) is 0 Å². The van der Waals surface area contributed by atoms with E-state index < -0.39 is 11.0 Å². The van der Waals surface area contributed by atoms with Crippen molar-refractivity contribution in [2.75, 3.05) is 16.7 Å². The van der Waals surface area contributed by atoms with Crippen molar-refractivity contribution in [1.82, 2.24) is 4.98 Å². The zero-order chi connectivity index (χ0) is 17.6. The SMILES string of the molecule is CN(c1ccccc1)S(=O)c1ccc(NC(=O)c2ccccn2)cc1. The number of rotatable bonds is 5. The third-order valence-corrected chi connectivity index (χ3v) is 4.96. The molecule has 0 aliphatic rings. The maximum atomic E-state index is 12.6. The first-order chi connectivity index (χ1) is 12.1. The number of carbonyl (C=O) groups excluding carboxylic acids is 1. The molecule has 0 bridgehead atoms. The number of aromatic nitrogens is 1. The lowest BCUT2D eigenvalue weighted by atomic mass is 10.3. The van der Waals surface area contributed by atoms with Crippen LogP contribution in [0.1, 0.15) is 10.5 Å². The molecule has 5 nitrogen and oxygen atoms in total. The van der Waals surface area contributed by atoms with E-state index in [1.165, 1.54) is 0 Å². The van der Waals surface area contributed by atoms with Gasteiger partial charge in [-0.3, -0.25) is 14.1 Å². The molecule has 0 saturated carbocycles. The van der Waals surface area contributed by atoms with Crippen LogP contribution in [0.2, 0.25) is 0 Å². The van der Waals surface area contributed by atoms with E-state index in [1.807, 2.05) is 30.3 Å². The summed E-state index contributed by atoms with van der Waals surface area (Å²) in [5.41, 5.74) is 1.84. The highest BCUT2D eigenvalue weighted by Crippen LogP contribution is 2.20. The van der Waals surface area contributed by atoms with Gasteiger partial charge in [0, 0.05) is 24.6 Å². The lowest BCUT2D eigenvalue weighted by Crippen LogP contribution is -2.20. The molecule has 1 atom stereocenters. The van der Waals surface area contributed by atoms with Crippen LogP contribution in [0.15, 0.2) is 83.9 Å². The van der Waals surface area contributed by atoms with Gasteiger partial charge >= 0.3 is 0 Å². The highest BCUT2D eigenvalue weighted by Gasteiger charge is 2.12. The Balaban J connectivity index is 1.70. The van der Waals surface area contributed by atoms with Crippen LogP contribution >= 0.6 is 0 Å². The number of para-hydroxylation sites is 1. The normalized spacial score (nSPS) is 11.6. The predicted octanol–water partition coefficient (Wildman–Crippen LogP) is 3.49. The third-order valence-electron chi connectivity index (χ3n) is 3.58. The van der Waals surface area contributed by atoms with E-state index >= 15 is 0 Å². The van der Waals surface area contributed by atoms with E-state index in [9.17, 15) is 9.00 Å². The molecule has 3 rings (SSSR count). The number of hydrogen-bond acceptors (Lipinski definition) is 3. The van der Waals surface area contributed by atoms with Gasteiger partial charge in [0.05, 0.1) is 4.90 Å². The zero-order valence-electron chi connectivity index (χ0n) is 13.6. The first kappa shape index (κ1) is 16.9. The summed E-state index contributed by atoms with van der Waals surface area (Å²) in [7, 11) is 0.452. The summed E-state index contributed by atoms with van der Waals surface area (Å²) < 4.78 is 14.3. The van der Waals surface area contributed by atoms with Crippen LogP contribution in [0.5, 0.6) is 0 Å². The number of anilines is 2. The fourth-order valence-corrected chi connectivity index (χ4v) is 3.24. The van der Waals surface area contributed by atoms with E-state index in [0.717, 1.165) is 5.69 Å². The van der Waals surface area contributed by atoms with Gasteiger partial charge in [0.1, 0.15) is 5.69 Å². The van der Waals surface area contributed by atoms with Gasteiger partial charge in [-0.25, -0.2) is 4.21 Å². The Morgan fingerprint density at radius 2 is 1.64 bits per heavy atom. The molecule has 1 aromatic heterocycles. The smallest absolute Gasteiger partial charge is 0.274 e. The molecule has 1 heterocycles. The fraction of sp³-hybridized carbons (Fsp3) is 0.0526. The van der Waals surface area contributed by atoms with Crippen molar-refractivity contribution in [3.05, 3.63) is 84.7 Å². The Morgan fingerprint density at radius 3 is 2.28 bits per heavy atom. The highest BCUT2D eigenvalue weighted by molar-refractivity contribution is 7.86. The molecular formula is C19H17N3O2S. The number of amides is 1. The van der Waals surface area contributed by atoms with Crippen molar-refractivity contribution in [2.45, 2.75) is 4.90 Å². The minimum atomic E-state index is -1.33. The van der Waals surface area contributed by atoms with Crippen molar-refractivity contribution < 1.29 is 9.00 Å². The summed E-state index contributed by atoms with van der Waals surface area (Å²) in [5, 5.41) is 2.77. The van der Waals surface area contributed by atoms with E-state index in [-0.39, 0.29) is 5.91 Å². The Hall–Kier alpha value is -2.99. The van der Waals surface area contributed by atoms with Crippen molar-refractivity contribution in [3.63, 3.8) is 0 Å². The number of nitrogens with zero attached hydrogens (tertiary/aromatic N) is 2. The molecule has 1 unspecified atom stereocenters. The summed E-state index contributed by atoms with van der Waals surface area (Å²) in [6.45, 7) is 0. The Kier molecular flexibility index (Phi) is 5.20. The molecular weight excluding hydrogens is 334 g/mol. The third kappa shape index (κ3) is 4.10. The standard InChI is InChI=1S/C19H17N3O2S/c1-22(16-7-3-2-4-8-16)25(24)17-12-10-15(11-13-17)21-19(23)18-9-5-6-14-20-18/h2-14H,1H3,(H,21,23). The largest absolute Gasteiger partial charge is 0.321 e. The van der Waals surface area contributed by atoms with Gasteiger partial charge in [-0.2, -0.15) is 0 Å². The van der Waals surface area contributed by atoms with Crippen LogP contribution in [-0.4, -0.2) is 22.1 Å². The molecule has 0 radical (unpaired) electrons. The maximum absolute atomic E-state index is 12.6. The van der Waals surface area contributed by atoms with Gasteiger partial charge in [0.15, 0.2) is 11.0 Å². The summed E-state index contributed by atoms with van der Waals surface area (Å²) in [6.07, 6.45) is 1.57. The topological polar surface area (TPSA) is 62.3 Å². The minimum Gasteiger partial charge on any atom is -0.321 e. The predicted molar refractivity (Wildman–Crippen MR) is 99.9 cm³/mol. The molecule has 0 spiro atoms. The second-order valence-corrected chi connectivity index (χ2v) is 6.79. The van der Waals surface area contributed by atoms with Gasteiger partial charge in [-0.1, -0.05) is 24.3 Å². The average Bonchev–Trinajstić information content (AvgIpc) is 2.69. The van der Waals surface area contributed by atoms with Crippen LogP contribution in [0.25, 0.3) is 0 Å². The van der Waals surface area contributed by atoms with E-state index in [1.54, 1.807) is 60.0 Å². The summed E-state index contributed by atoms with van der Waals surface area (Å²) >= 11 is 0. The van der Waals surface area contributed by atoms with Gasteiger partial charge in [-0.15, -0.1) is 0 Å². The fourth-order valence-electron chi connectivity index (χ4n) is 2.24. The molecule has 25 heavy (non-hydrogen) atoms. The quantitative estimate of drug-likeness (QED) is 0.765. The van der Waals surface area contributed by atoms with E-state index in [0.29, 0.717) is 16.3 Å². The molecule has 1 N–H and O–H groups in total. The molecule has 6 heteroatoms. The zero-order valence-corrected chi connectivity index (χ0v) is 14.4. The van der Waals surface area contributed by atoms with Gasteiger partial charge in [0.25, 0.3) is 5.91 Å². The second-order valence-electron chi connectivity index (χ2n) is 5.28. The molecule has 0 aliphatic carbocycles. The average molecular weight is 351 g/mol. The van der Waals surface area contributed by atoms with Gasteiger partial charge in [-0.05, 0) is 48.5 Å². The van der Waals surface area contributed by atoms with Crippen molar-refractivity contribution >= 4 is 28.3 Å². The van der Waals surface area contributed by atoms with Gasteiger partial charge < -0.3 is 5.32 Å². The molecule has 0 fully saturated rings. The molecule has 2 aromatic carbocycles. The lowest BCUT2D eigenvalue weighted by Gasteiger charge is -2.18. The monoisotopic (exact) mass is 351 g/mol. The molecule has 1 amide bonds. The number of carbonyl (C=O) groups is 1. The lowest BCUT2D eigenvalue weighted by molar-refractivity contribution is 0.102. The molecule has 126 valence electrons. The van der Waals surface area contributed by atoms with Crippen molar-refractivity contribution in [1.29, 1.82) is 0 Å². The van der Waals surface area contributed by atoms with Crippen LogP contribution in [0.4, 0.5) is 11.4 Å². The summed E-state index contributed by atoms with van der Waals surface area (Å²) in [6, 6.07) is 21.6. The first-order valence-electron chi connectivity index (χ1n) is 7.68. The first-order valence-corrected chi connectivity index (χ1v) is 8.79. The molecule has 3 aromatic rings. The van der Waals surface area contributed by atoms with Crippen molar-refractivity contribution in [2.24, 2.45) is 0 Å². The van der Waals surface area contributed by atoms with Gasteiger partial charge in [0.2, 0.25) is 0 Å². The number of pyridine rings is 1. The Labute approximate surface area is 148 Å². The number of benzene rings is 2. The second kappa shape index (κ2) is 7.72. The Morgan fingerprint density at radius 1 is 0.960 bits per heavy atom. The number of hydrogen-bond donors (Lipinski definition) is 1. The van der Waals surface area contributed by atoms with Crippen LogP contribution in [0.3, 0.4) is 0 Å². The molecule has 0 aliphatic heterocycles. The summed E-state index contributed by atoms with van der Waals surface area (Å²) in [4.78, 5) is 16.7. The maximum Gasteiger partial charge on any atom is 0.274 e. The minimum absolute atomic E-state index is 0.282. The molecule has 0 saturated heterocycles. The van der Waals surface area contributed by atoms with Crippen LogP contribution < -0.4 is 9.62 Å². The number of nitrogens with one attached hydrogen (secondary N) is 1. The Bertz CT molecular complexity index is 868. The van der Waals surface area contributed by atoms with E-state index in [2.05, 4.69) is 10.3 Å². The van der Waals surface area contributed by atoms with Crippen LogP contribution in [0, 0.1) is 0 Å². The summed E-state index contributed by atoms with van der Waals surface area (Å²) in [5.74, 6) is -0.282. The highest BCUT2D eigenvalue weighted by atomic mass is 32.2.